The van der Waals surface area contributed by atoms with Gasteiger partial charge in [0.25, 0.3) is 0 Å². The van der Waals surface area contributed by atoms with Gasteiger partial charge in [-0.05, 0) is 110 Å². The molecule has 4 saturated carbocycles. The van der Waals surface area contributed by atoms with E-state index in [4.69, 9.17) is 28.4 Å². The van der Waals surface area contributed by atoms with Gasteiger partial charge in [0.05, 0.1) is 24.9 Å². The Labute approximate surface area is 382 Å². The van der Waals surface area contributed by atoms with E-state index in [1.54, 1.807) is 5.57 Å². The number of carboxylic acid groups (broad SMARTS) is 1. The Hall–Kier alpha value is -1.39. The summed E-state index contributed by atoms with van der Waals surface area (Å²) in [6.07, 6.45) is -15.9. The molecule has 0 bridgehead atoms. The molecule has 8 aliphatic rings. The van der Waals surface area contributed by atoms with Crippen LogP contribution in [-0.4, -0.2) is 168 Å². The second kappa shape index (κ2) is 17.2. The first-order chi connectivity index (χ1) is 30.2. The highest BCUT2D eigenvalue weighted by Crippen LogP contribution is 2.76. The van der Waals surface area contributed by atoms with Crippen LogP contribution in [0.3, 0.4) is 0 Å². The van der Waals surface area contributed by atoms with E-state index in [2.05, 4.69) is 61.5 Å². The van der Waals surface area contributed by atoms with Gasteiger partial charge in [-0.15, -0.1) is 0 Å². The molecule has 10 N–H and O–H groups in total. The predicted molar refractivity (Wildman–Crippen MR) is 229 cm³/mol. The largest absolute Gasteiger partial charge is 0.479 e. The summed E-state index contributed by atoms with van der Waals surface area (Å²) < 4.78 is 36.4. The minimum absolute atomic E-state index is 0.00181. The second-order valence-corrected chi connectivity index (χ2v) is 23.8. The minimum atomic E-state index is -2.02. The zero-order chi connectivity index (χ0) is 47.7. The van der Waals surface area contributed by atoms with Crippen LogP contribution in [0.2, 0.25) is 0 Å². The van der Waals surface area contributed by atoms with Crippen LogP contribution in [0.15, 0.2) is 11.6 Å². The Morgan fingerprint density at radius 1 is 0.662 bits per heavy atom. The van der Waals surface area contributed by atoms with Crippen LogP contribution in [0.4, 0.5) is 0 Å². The molecular weight excluding hydrogens is 849 g/mol. The van der Waals surface area contributed by atoms with Crippen LogP contribution >= 0.6 is 0 Å². The Morgan fingerprint density at radius 2 is 1.29 bits per heavy atom. The molecule has 7 fully saturated rings. The second-order valence-electron chi connectivity index (χ2n) is 23.8. The Bertz CT molecular complexity index is 1790. The van der Waals surface area contributed by atoms with Gasteiger partial charge in [-0.1, -0.05) is 67.0 Å². The molecule has 3 heterocycles. The normalized spacial score (nSPS) is 55.1. The van der Waals surface area contributed by atoms with Crippen molar-refractivity contribution < 1.29 is 84.3 Å². The molecule has 65 heavy (non-hydrogen) atoms. The number of carboxylic acids is 1. The third kappa shape index (κ3) is 7.81. The maximum Gasteiger partial charge on any atom is 0.335 e. The van der Waals surface area contributed by atoms with Crippen molar-refractivity contribution in [1.82, 2.24) is 0 Å². The molecular formula is C48H78O17. The van der Waals surface area contributed by atoms with Gasteiger partial charge in [0.15, 0.2) is 25.0 Å². The van der Waals surface area contributed by atoms with E-state index in [1.165, 1.54) is 6.92 Å². The third-order valence-corrected chi connectivity index (χ3v) is 19.4. The Balaban J connectivity index is 1.06. The lowest BCUT2D eigenvalue weighted by Gasteiger charge is -2.71. The third-order valence-electron chi connectivity index (χ3n) is 19.4. The first kappa shape index (κ1) is 50.0. The monoisotopic (exact) mass is 927 g/mol. The maximum atomic E-state index is 12.5. The van der Waals surface area contributed by atoms with Gasteiger partial charge in [-0.3, -0.25) is 0 Å². The van der Waals surface area contributed by atoms with Crippen molar-refractivity contribution in [3.63, 3.8) is 0 Å². The van der Waals surface area contributed by atoms with Crippen LogP contribution < -0.4 is 0 Å². The summed E-state index contributed by atoms with van der Waals surface area (Å²) in [6, 6.07) is 0. The SMILES string of the molecule is C[C@@H]1O[C@@H](O[C@H]2[C@H](O[C@H]3[C@@H](O[C@H]4CC[C@]5(C)[C@H]6CC=C7[C@@H]8CC(C)(C)C[C@@H](O)[C@]8(C)CC[C@@]7(C)[C@]6(C)CC[C@H]5C4(C)C)O[C@H](C(=O)O)[C@@H](O)[C@@H]3O)O[C@H](CO)[C@H](O)[C@@H]2O)[C@H](O)[C@H](O)[C@H]1O. The van der Waals surface area contributed by atoms with Crippen LogP contribution in [0.5, 0.6) is 0 Å². The van der Waals surface area contributed by atoms with E-state index in [0.29, 0.717) is 18.3 Å². The lowest BCUT2D eigenvalue weighted by atomic mass is 9.33. The fraction of sp³-hybridized carbons (Fsp3) is 0.938. The zero-order valence-corrected chi connectivity index (χ0v) is 39.5. The highest BCUT2D eigenvalue weighted by Gasteiger charge is 2.69. The molecule has 3 saturated heterocycles. The summed E-state index contributed by atoms with van der Waals surface area (Å²) in [5.74, 6) is -0.724. The number of allylic oxidation sites excluding steroid dienone is 2. The van der Waals surface area contributed by atoms with E-state index >= 15 is 0 Å². The number of hydrogen-bond acceptors (Lipinski definition) is 16. The molecule has 8 rings (SSSR count). The van der Waals surface area contributed by atoms with Gasteiger partial charge in [0.2, 0.25) is 0 Å². The molecule has 0 radical (unpaired) electrons. The molecule has 3 aliphatic heterocycles. The van der Waals surface area contributed by atoms with Gasteiger partial charge in [-0.25, -0.2) is 4.79 Å². The van der Waals surface area contributed by atoms with Gasteiger partial charge in [0, 0.05) is 5.41 Å². The number of ether oxygens (including phenoxy) is 6. The summed E-state index contributed by atoms with van der Waals surface area (Å²) in [5.41, 5.74) is 0.763. The van der Waals surface area contributed by atoms with Crippen molar-refractivity contribution in [3.8, 4) is 0 Å². The standard InChI is InChI=1S/C48H78O17/c1-21-29(51)31(53)35(57)40(60-21)64-37-32(54)30(52)24(20-49)61-41(37)65-38-34(56)33(55)36(39(58)59)63-42(38)62-28-13-14-46(7)25(44(28,4)5)12-15-48(9)26(46)11-10-22-23-18-43(2,3)19-27(50)45(23,6)16-17-47(22,48)8/h10,21,23-38,40-42,49-57H,11-20H2,1-9H3,(H,58,59)/t21-,23-,24+,25-,26+,27+,28-,29-,30-,31+,32-,33-,34-,35+,36-,37+,38+,40-,41-,42-,45+,46-,47+,48+/m0/s1. The number of aliphatic hydroxyl groups excluding tert-OH is 9. The van der Waals surface area contributed by atoms with E-state index in [9.17, 15) is 55.9 Å². The van der Waals surface area contributed by atoms with Crippen molar-refractivity contribution in [2.45, 2.75) is 224 Å². The molecule has 0 aromatic rings. The lowest BCUT2D eigenvalue weighted by Crippen LogP contribution is -2.68. The van der Waals surface area contributed by atoms with Gasteiger partial charge in [-0.2, -0.15) is 0 Å². The van der Waals surface area contributed by atoms with Crippen LogP contribution in [-0.2, 0) is 33.2 Å². The van der Waals surface area contributed by atoms with Gasteiger partial charge in [0.1, 0.15) is 61.0 Å². The number of carbonyl (C=O) groups is 1. The lowest BCUT2D eigenvalue weighted by molar-refractivity contribution is -0.395. The molecule has 372 valence electrons. The minimum Gasteiger partial charge on any atom is -0.479 e. The maximum absolute atomic E-state index is 12.5. The molecule has 0 amide bonds. The fourth-order valence-electron chi connectivity index (χ4n) is 15.1. The number of aliphatic hydroxyl groups is 9. The molecule has 0 unspecified atom stereocenters. The van der Waals surface area contributed by atoms with Crippen molar-refractivity contribution in [1.29, 1.82) is 0 Å². The number of aliphatic carboxylic acids is 1. The average molecular weight is 927 g/mol. The first-order valence-corrected chi connectivity index (χ1v) is 24.1. The molecule has 0 aromatic heterocycles. The average Bonchev–Trinajstić information content (AvgIpc) is 3.22. The molecule has 24 atom stereocenters. The molecule has 0 aromatic carbocycles. The number of hydrogen-bond donors (Lipinski definition) is 10. The van der Waals surface area contributed by atoms with Crippen molar-refractivity contribution in [2.75, 3.05) is 6.61 Å². The zero-order valence-electron chi connectivity index (χ0n) is 39.5. The Kier molecular flexibility index (Phi) is 13.2. The van der Waals surface area contributed by atoms with E-state index in [1.807, 2.05) is 0 Å². The van der Waals surface area contributed by atoms with Crippen molar-refractivity contribution >= 4 is 5.97 Å². The van der Waals surface area contributed by atoms with Crippen molar-refractivity contribution in [2.24, 2.45) is 50.2 Å². The molecule has 5 aliphatic carbocycles. The number of rotatable bonds is 8. The summed E-state index contributed by atoms with van der Waals surface area (Å²) in [4.78, 5) is 12.5. The van der Waals surface area contributed by atoms with Crippen LogP contribution in [0, 0.1) is 50.2 Å². The topological polar surface area (TPSA) is 275 Å². The summed E-state index contributed by atoms with van der Waals surface area (Å²) in [5, 5.41) is 108. The summed E-state index contributed by atoms with van der Waals surface area (Å²) in [7, 11) is 0. The van der Waals surface area contributed by atoms with Gasteiger partial charge >= 0.3 is 5.97 Å². The van der Waals surface area contributed by atoms with Crippen LogP contribution in [0.1, 0.15) is 120 Å². The molecule has 0 spiro atoms. The summed E-state index contributed by atoms with van der Waals surface area (Å²) in [6.45, 7) is 19.3. The van der Waals surface area contributed by atoms with E-state index in [0.717, 1.165) is 51.4 Å². The quantitative estimate of drug-likeness (QED) is 0.123. The first-order valence-electron chi connectivity index (χ1n) is 24.1. The highest BCUT2D eigenvalue weighted by atomic mass is 16.8. The molecule has 17 heteroatoms. The van der Waals surface area contributed by atoms with E-state index in [-0.39, 0.29) is 39.1 Å². The fourth-order valence-corrected chi connectivity index (χ4v) is 15.1. The highest BCUT2D eigenvalue weighted by molar-refractivity contribution is 5.73. The molecule has 17 nitrogen and oxygen atoms in total. The predicted octanol–water partition coefficient (Wildman–Crippen LogP) is 1.73. The Morgan fingerprint density at radius 3 is 1.94 bits per heavy atom. The van der Waals surface area contributed by atoms with Crippen LogP contribution in [0.25, 0.3) is 0 Å². The smallest absolute Gasteiger partial charge is 0.335 e. The van der Waals surface area contributed by atoms with E-state index < -0.39 is 116 Å². The summed E-state index contributed by atoms with van der Waals surface area (Å²) >= 11 is 0. The van der Waals surface area contributed by atoms with Crippen molar-refractivity contribution in [3.05, 3.63) is 11.6 Å². The number of fused-ring (bicyclic) bond motifs is 7. The van der Waals surface area contributed by atoms with Gasteiger partial charge < -0.3 is 79.5 Å².